The molecule has 8 heteroatoms. The summed E-state index contributed by atoms with van der Waals surface area (Å²) in [6, 6.07) is 0. The van der Waals surface area contributed by atoms with Gasteiger partial charge in [-0.1, -0.05) is 0 Å². The van der Waals surface area contributed by atoms with Crippen molar-refractivity contribution < 1.29 is 4.74 Å². The second-order valence-corrected chi connectivity index (χ2v) is 7.22. The van der Waals surface area contributed by atoms with Gasteiger partial charge in [-0.2, -0.15) is 11.8 Å². The maximum Gasteiger partial charge on any atom is 0.203 e. The summed E-state index contributed by atoms with van der Waals surface area (Å²) in [6.07, 6.45) is 6.25. The second kappa shape index (κ2) is 7.02. The molecule has 0 amide bonds. The molecule has 2 fully saturated rings. The molecule has 23 heavy (non-hydrogen) atoms. The molecule has 124 valence electrons. The zero-order valence-electron chi connectivity index (χ0n) is 13.1. The van der Waals surface area contributed by atoms with Crippen LogP contribution in [0, 0.1) is 0 Å². The molecule has 0 aliphatic carbocycles. The van der Waals surface area contributed by atoms with Gasteiger partial charge >= 0.3 is 0 Å². The first-order valence-corrected chi connectivity index (χ1v) is 9.32. The summed E-state index contributed by atoms with van der Waals surface area (Å²) in [5.74, 6) is 3.10. The van der Waals surface area contributed by atoms with Gasteiger partial charge in [0.1, 0.15) is 0 Å². The third-order valence-corrected chi connectivity index (χ3v) is 5.77. The largest absolute Gasteiger partial charge is 0.379 e. The molecule has 2 aromatic heterocycles. The smallest absolute Gasteiger partial charge is 0.203 e. The molecule has 1 atom stereocenters. The fourth-order valence-electron chi connectivity index (χ4n) is 3.13. The lowest BCUT2D eigenvalue weighted by Crippen LogP contribution is -2.39. The van der Waals surface area contributed by atoms with Crippen LogP contribution in [0.1, 0.15) is 23.9 Å². The van der Waals surface area contributed by atoms with Gasteiger partial charge in [-0.25, -0.2) is 4.98 Å². The summed E-state index contributed by atoms with van der Waals surface area (Å²) in [5, 5.41) is 12.7. The predicted octanol–water partition coefficient (Wildman–Crippen LogP) is 1.44. The molecule has 2 aromatic rings. The first-order valence-electron chi connectivity index (χ1n) is 8.27. The van der Waals surface area contributed by atoms with Crippen molar-refractivity contribution >= 4 is 23.2 Å². The number of rotatable bonds is 5. The van der Waals surface area contributed by atoms with Gasteiger partial charge in [-0.3, -0.25) is 9.30 Å². The van der Waals surface area contributed by atoms with E-state index in [0.29, 0.717) is 5.25 Å². The van der Waals surface area contributed by atoms with Gasteiger partial charge in [-0.05, 0) is 18.6 Å². The first-order chi connectivity index (χ1) is 11.4. The normalized spacial score (nSPS) is 22.7. The van der Waals surface area contributed by atoms with Crippen LogP contribution in [0.15, 0.2) is 12.4 Å². The summed E-state index contributed by atoms with van der Waals surface area (Å²) in [7, 11) is 0. The number of ether oxygens (including phenoxy) is 1. The maximum atomic E-state index is 5.38. The second-order valence-electron chi connectivity index (χ2n) is 5.91. The van der Waals surface area contributed by atoms with E-state index < -0.39 is 0 Å². The van der Waals surface area contributed by atoms with Crippen molar-refractivity contribution in [1.29, 1.82) is 0 Å². The number of hydrogen-bond donors (Lipinski definition) is 1. The van der Waals surface area contributed by atoms with Crippen molar-refractivity contribution in [3.8, 4) is 0 Å². The Morgan fingerprint density at radius 3 is 3.04 bits per heavy atom. The SMILES string of the molecule is c1cn2c([C@@H]3CCCS3)nnc2c(NCCN2CCOCC2)n1. The molecule has 2 aliphatic rings. The number of aromatic nitrogens is 4. The molecule has 0 radical (unpaired) electrons. The number of thioether (sulfide) groups is 1. The van der Waals surface area contributed by atoms with Gasteiger partial charge in [0, 0.05) is 38.6 Å². The van der Waals surface area contributed by atoms with Gasteiger partial charge in [0.25, 0.3) is 0 Å². The van der Waals surface area contributed by atoms with E-state index in [1.54, 1.807) is 0 Å². The Labute approximate surface area is 139 Å². The molecule has 0 unspecified atom stereocenters. The van der Waals surface area contributed by atoms with Gasteiger partial charge in [0.2, 0.25) is 5.65 Å². The number of hydrogen-bond acceptors (Lipinski definition) is 7. The van der Waals surface area contributed by atoms with Crippen LogP contribution in [0.25, 0.3) is 5.65 Å². The average Bonchev–Trinajstić information content (AvgIpc) is 3.25. The van der Waals surface area contributed by atoms with Crippen molar-refractivity contribution in [2.45, 2.75) is 18.1 Å². The molecule has 7 nitrogen and oxygen atoms in total. The third-order valence-electron chi connectivity index (χ3n) is 4.40. The van der Waals surface area contributed by atoms with Crippen LogP contribution in [0.4, 0.5) is 5.82 Å². The van der Waals surface area contributed by atoms with Crippen LogP contribution in [0.3, 0.4) is 0 Å². The van der Waals surface area contributed by atoms with E-state index in [4.69, 9.17) is 4.74 Å². The highest BCUT2D eigenvalue weighted by molar-refractivity contribution is 7.99. The van der Waals surface area contributed by atoms with E-state index in [0.717, 1.165) is 56.7 Å². The minimum Gasteiger partial charge on any atom is -0.379 e. The Balaban J connectivity index is 1.44. The van der Waals surface area contributed by atoms with Crippen molar-refractivity contribution in [2.24, 2.45) is 0 Å². The van der Waals surface area contributed by atoms with Crippen molar-refractivity contribution in [2.75, 3.05) is 50.5 Å². The molecule has 1 N–H and O–H groups in total. The molecule has 4 heterocycles. The summed E-state index contributed by atoms with van der Waals surface area (Å²) in [5.41, 5.74) is 0.831. The van der Waals surface area contributed by atoms with Crippen molar-refractivity contribution in [3.63, 3.8) is 0 Å². The van der Waals surface area contributed by atoms with Gasteiger partial charge in [-0.15, -0.1) is 10.2 Å². The van der Waals surface area contributed by atoms with Crippen LogP contribution in [-0.4, -0.2) is 69.6 Å². The van der Waals surface area contributed by atoms with Crippen LogP contribution < -0.4 is 5.32 Å². The van der Waals surface area contributed by atoms with Crippen LogP contribution in [-0.2, 0) is 4.74 Å². The van der Waals surface area contributed by atoms with Gasteiger partial charge in [0.05, 0.1) is 18.5 Å². The first kappa shape index (κ1) is 15.2. The number of nitrogens with one attached hydrogen (secondary N) is 1. The lowest BCUT2D eigenvalue weighted by molar-refractivity contribution is 0.0398. The molecular formula is C15H22N6OS. The minimum atomic E-state index is 0.466. The van der Waals surface area contributed by atoms with Gasteiger partial charge < -0.3 is 10.1 Å². The molecular weight excluding hydrogens is 312 g/mol. The summed E-state index contributed by atoms with van der Waals surface area (Å²) < 4.78 is 7.47. The molecule has 2 aliphatic heterocycles. The summed E-state index contributed by atoms with van der Waals surface area (Å²) in [4.78, 5) is 6.85. The minimum absolute atomic E-state index is 0.466. The van der Waals surface area contributed by atoms with Crippen molar-refractivity contribution in [3.05, 3.63) is 18.2 Å². The highest BCUT2D eigenvalue weighted by atomic mass is 32.2. The zero-order chi connectivity index (χ0) is 15.5. The van der Waals surface area contributed by atoms with E-state index in [-0.39, 0.29) is 0 Å². The Bertz CT molecular complexity index is 650. The molecule has 0 spiro atoms. The highest BCUT2D eigenvalue weighted by Gasteiger charge is 2.23. The monoisotopic (exact) mass is 334 g/mol. The fourth-order valence-corrected chi connectivity index (χ4v) is 4.39. The molecule has 0 bridgehead atoms. The molecule has 0 aromatic carbocycles. The topological polar surface area (TPSA) is 67.6 Å². The lowest BCUT2D eigenvalue weighted by atomic mass is 10.2. The predicted molar refractivity (Wildman–Crippen MR) is 91.0 cm³/mol. The van der Waals surface area contributed by atoms with E-state index in [1.807, 2.05) is 24.2 Å². The number of morpholine rings is 1. The number of fused-ring (bicyclic) bond motifs is 1. The Kier molecular flexibility index (Phi) is 4.63. The molecule has 2 saturated heterocycles. The number of anilines is 1. The van der Waals surface area contributed by atoms with Crippen LogP contribution >= 0.6 is 11.8 Å². The molecule has 4 rings (SSSR count). The quantitative estimate of drug-likeness (QED) is 0.887. The van der Waals surface area contributed by atoms with Crippen molar-refractivity contribution in [1.82, 2.24) is 24.5 Å². The van der Waals surface area contributed by atoms with E-state index in [9.17, 15) is 0 Å². The molecule has 0 saturated carbocycles. The van der Waals surface area contributed by atoms with Crippen LogP contribution in [0.5, 0.6) is 0 Å². The Morgan fingerprint density at radius 2 is 2.22 bits per heavy atom. The average molecular weight is 334 g/mol. The van der Waals surface area contributed by atoms with Gasteiger partial charge in [0.15, 0.2) is 11.6 Å². The lowest BCUT2D eigenvalue weighted by Gasteiger charge is -2.26. The summed E-state index contributed by atoms with van der Waals surface area (Å²) >= 11 is 1.97. The van der Waals surface area contributed by atoms with E-state index >= 15 is 0 Å². The highest BCUT2D eigenvalue weighted by Crippen LogP contribution is 2.39. The Morgan fingerprint density at radius 1 is 1.30 bits per heavy atom. The standard InChI is InChI=1S/C15H22N6OS/c1-2-12(23-11-1)14-18-19-15-13(17-4-6-21(14)15)16-3-5-20-7-9-22-10-8-20/h4,6,12H,1-3,5,7-11H2,(H,16,17)/t12-/m0/s1. The summed E-state index contributed by atoms with van der Waals surface area (Å²) in [6.45, 7) is 5.53. The maximum absolute atomic E-state index is 5.38. The van der Waals surface area contributed by atoms with E-state index in [2.05, 4.69) is 29.8 Å². The number of nitrogens with zero attached hydrogens (tertiary/aromatic N) is 5. The van der Waals surface area contributed by atoms with E-state index in [1.165, 1.54) is 18.6 Å². The third kappa shape index (κ3) is 3.29. The fraction of sp³-hybridized carbons (Fsp3) is 0.667. The Hall–Kier alpha value is -1.38. The van der Waals surface area contributed by atoms with Crippen LogP contribution in [0.2, 0.25) is 0 Å². The zero-order valence-corrected chi connectivity index (χ0v) is 14.0.